The molecule has 0 aliphatic carbocycles. The quantitative estimate of drug-likeness (QED) is 0.760. The number of halogens is 1. The molecule has 2 N–H and O–H groups in total. The van der Waals surface area contributed by atoms with E-state index >= 15 is 0 Å². The number of hydrogen-bond acceptors (Lipinski definition) is 3. The summed E-state index contributed by atoms with van der Waals surface area (Å²) in [7, 11) is 0. The lowest BCUT2D eigenvalue weighted by atomic mass is 10.1. The third-order valence-electron chi connectivity index (χ3n) is 3.20. The molecule has 108 valence electrons. The van der Waals surface area contributed by atoms with Crippen molar-refractivity contribution in [3.8, 4) is 0 Å². The Bertz CT molecular complexity index is 512. The molecule has 6 heteroatoms. The molecule has 0 bridgehead atoms. The Morgan fingerprint density at radius 3 is 2.90 bits per heavy atom. The Balaban J connectivity index is 1.94. The number of hydrogen-bond donors (Lipinski definition) is 2. The van der Waals surface area contributed by atoms with Crippen LogP contribution in [0.1, 0.15) is 36.0 Å². The molecule has 2 rings (SSSR count). The first-order valence-corrected chi connectivity index (χ1v) is 7.58. The highest BCUT2D eigenvalue weighted by atomic mass is 127. The molecule has 1 aromatic rings. The molecule has 0 radical (unpaired) electrons. The second kappa shape index (κ2) is 7.03. The minimum absolute atomic E-state index is 0.113. The monoisotopic (exact) mass is 389 g/mol. The van der Waals surface area contributed by atoms with Gasteiger partial charge < -0.3 is 15.2 Å². The fourth-order valence-electron chi connectivity index (χ4n) is 2.18. The summed E-state index contributed by atoms with van der Waals surface area (Å²) in [4.78, 5) is 23.0. The van der Waals surface area contributed by atoms with Gasteiger partial charge in [-0.1, -0.05) is 0 Å². The maximum Gasteiger partial charge on any atom is 0.337 e. The number of rotatable bonds is 5. The zero-order valence-corrected chi connectivity index (χ0v) is 13.1. The Hall–Kier alpha value is -1.15. The van der Waals surface area contributed by atoms with E-state index in [-0.39, 0.29) is 17.6 Å². The molecule has 1 heterocycles. The lowest BCUT2D eigenvalue weighted by Crippen LogP contribution is -2.17. The van der Waals surface area contributed by atoms with E-state index in [1.807, 2.05) is 22.6 Å². The van der Waals surface area contributed by atoms with E-state index in [9.17, 15) is 9.59 Å². The maximum atomic E-state index is 11.9. The molecular weight excluding hydrogens is 373 g/mol. The van der Waals surface area contributed by atoms with Crippen LogP contribution in [0.2, 0.25) is 0 Å². The Morgan fingerprint density at radius 2 is 2.25 bits per heavy atom. The fraction of sp³-hybridized carbons (Fsp3) is 0.429. The van der Waals surface area contributed by atoms with Gasteiger partial charge in [-0.05, 0) is 60.1 Å². The Labute approximate surface area is 130 Å². The molecule has 5 nitrogen and oxygen atoms in total. The van der Waals surface area contributed by atoms with Crippen molar-refractivity contribution in [3.63, 3.8) is 0 Å². The van der Waals surface area contributed by atoms with Gasteiger partial charge in [0.15, 0.2) is 0 Å². The van der Waals surface area contributed by atoms with E-state index in [4.69, 9.17) is 9.84 Å². The highest BCUT2D eigenvalue weighted by molar-refractivity contribution is 14.1. The number of carbonyl (C=O) groups excluding carboxylic acids is 1. The van der Waals surface area contributed by atoms with Crippen molar-refractivity contribution in [2.24, 2.45) is 0 Å². The minimum Gasteiger partial charge on any atom is -0.478 e. The molecule has 0 aromatic heterocycles. The summed E-state index contributed by atoms with van der Waals surface area (Å²) in [5.41, 5.74) is 0.456. The van der Waals surface area contributed by atoms with E-state index in [2.05, 4.69) is 5.32 Å². The van der Waals surface area contributed by atoms with Crippen molar-refractivity contribution in [2.45, 2.75) is 31.8 Å². The van der Waals surface area contributed by atoms with Crippen LogP contribution in [-0.2, 0) is 9.53 Å². The van der Waals surface area contributed by atoms with Crippen LogP contribution >= 0.6 is 22.6 Å². The van der Waals surface area contributed by atoms with E-state index in [0.29, 0.717) is 18.5 Å². The lowest BCUT2D eigenvalue weighted by Gasteiger charge is -2.11. The van der Waals surface area contributed by atoms with Crippen LogP contribution in [0.4, 0.5) is 5.69 Å². The second-order valence-corrected chi connectivity index (χ2v) is 5.96. The van der Waals surface area contributed by atoms with Gasteiger partial charge >= 0.3 is 5.97 Å². The van der Waals surface area contributed by atoms with Crippen molar-refractivity contribution in [1.82, 2.24) is 0 Å². The van der Waals surface area contributed by atoms with Crippen LogP contribution in [0.15, 0.2) is 18.2 Å². The highest BCUT2D eigenvalue weighted by Gasteiger charge is 2.18. The minimum atomic E-state index is -1.04. The molecule has 0 saturated carbocycles. The number of aromatic carboxylic acids is 1. The number of amides is 1. The van der Waals surface area contributed by atoms with Crippen molar-refractivity contribution in [2.75, 3.05) is 11.9 Å². The number of nitrogens with one attached hydrogen (secondary N) is 1. The first kappa shape index (κ1) is 15.2. The van der Waals surface area contributed by atoms with E-state index in [1.54, 1.807) is 18.2 Å². The SMILES string of the molecule is O=C(CCC1CCCO1)Nc1ccc(I)cc1C(=O)O. The normalized spacial score (nSPS) is 17.9. The first-order valence-electron chi connectivity index (χ1n) is 6.50. The van der Waals surface area contributed by atoms with Crippen LogP contribution in [0.3, 0.4) is 0 Å². The summed E-state index contributed by atoms with van der Waals surface area (Å²) in [6, 6.07) is 4.93. The number of carboxylic acids is 1. The van der Waals surface area contributed by atoms with Crippen LogP contribution in [0.5, 0.6) is 0 Å². The summed E-state index contributed by atoms with van der Waals surface area (Å²) in [5, 5.41) is 11.8. The molecule has 0 spiro atoms. The summed E-state index contributed by atoms with van der Waals surface area (Å²) >= 11 is 2.04. The molecule has 1 atom stereocenters. The van der Waals surface area contributed by atoms with Crippen molar-refractivity contribution >= 4 is 40.2 Å². The molecular formula is C14H16INO4. The van der Waals surface area contributed by atoms with Gasteiger partial charge in [0.2, 0.25) is 5.91 Å². The third kappa shape index (κ3) is 4.17. The summed E-state index contributed by atoms with van der Waals surface area (Å²) < 4.78 is 6.27. The van der Waals surface area contributed by atoms with E-state index in [0.717, 1.165) is 23.0 Å². The predicted molar refractivity (Wildman–Crippen MR) is 83.0 cm³/mol. The van der Waals surface area contributed by atoms with E-state index in [1.165, 1.54) is 0 Å². The zero-order chi connectivity index (χ0) is 14.5. The third-order valence-corrected chi connectivity index (χ3v) is 3.87. The van der Waals surface area contributed by atoms with Gasteiger partial charge in [0.05, 0.1) is 17.4 Å². The second-order valence-electron chi connectivity index (χ2n) is 4.72. The van der Waals surface area contributed by atoms with Crippen LogP contribution in [0.25, 0.3) is 0 Å². The Kier molecular flexibility index (Phi) is 5.36. The standard InChI is InChI=1S/C14H16INO4/c15-9-3-5-12(11(8-9)14(18)19)16-13(17)6-4-10-2-1-7-20-10/h3,5,8,10H,1-2,4,6-7H2,(H,16,17)(H,18,19). The van der Waals surface area contributed by atoms with Gasteiger partial charge in [0.1, 0.15) is 0 Å². The first-order chi connectivity index (χ1) is 9.56. The molecule has 20 heavy (non-hydrogen) atoms. The maximum absolute atomic E-state index is 11.9. The average Bonchev–Trinajstić information content (AvgIpc) is 2.91. The highest BCUT2D eigenvalue weighted by Crippen LogP contribution is 2.21. The van der Waals surface area contributed by atoms with Crippen LogP contribution < -0.4 is 5.32 Å². The zero-order valence-electron chi connectivity index (χ0n) is 10.9. The predicted octanol–water partition coefficient (Wildman–Crippen LogP) is 2.89. The van der Waals surface area contributed by atoms with Gasteiger partial charge in [0.25, 0.3) is 0 Å². The molecule has 1 aromatic carbocycles. The number of ether oxygens (including phenoxy) is 1. The van der Waals surface area contributed by atoms with Gasteiger partial charge in [-0.3, -0.25) is 4.79 Å². The number of carboxylic acid groups (broad SMARTS) is 1. The van der Waals surface area contributed by atoms with Gasteiger partial charge in [-0.2, -0.15) is 0 Å². The molecule has 1 saturated heterocycles. The van der Waals surface area contributed by atoms with Crippen molar-refractivity contribution in [3.05, 3.63) is 27.3 Å². The summed E-state index contributed by atoms with van der Waals surface area (Å²) in [5.74, 6) is -1.22. The van der Waals surface area contributed by atoms with Gasteiger partial charge in [-0.15, -0.1) is 0 Å². The summed E-state index contributed by atoms with van der Waals surface area (Å²) in [6.07, 6.45) is 3.23. The van der Waals surface area contributed by atoms with Crippen LogP contribution in [0, 0.1) is 3.57 Å². The molecule has 1 aliphatic rings. The van der Waals surface area contributed by atoms with Gasteiger partial charge in [0, 0.05) is 16.6 Å². The number of anilines is 1. The van der Waals surface area contributed by atoms with Crippen molar-refractivity contribution in [1.29, 1.82) is 0 Å². The Morgan fingerprint density at radius 1 is 1.45 bits per heavy atom. The van der Waals surface area contributed by atoms with Crippen LogP contribution in [-0.4, -0.2) is 29.7 Å². The van der Waals surface area contributed by atoms with Crippen molar-refractivity contribution < 1.29 is 19.4 Å². The van der Waals surface area contributed by atoms with Gasteiger partial charge in [-0.25, -0.2) is 4.79 Å². The fourth-order valence-corrected chi connectivity index (χ4v) is 2.67. The number of carbonyl (C=O) groups is 2. The lowest BCUT2D eigenvalue weighted by molar-refractivity contribution is -0.116. The molecule has 1 aliphatic heterocycles. The summed E-state index contributed by atoms with van der Waals surface area (Å²) in [6.45, 7) is 0.770. The molecule has 1 unspecified atom stereocenters. The topological polar surface area (TPSA) is 75.6 Å². The average molecular weight is 389 g/mol. The largest absolute Gasteiger partial charge is 0.478 e. The number of benzene rings is 1. The smallest absolute Gasteiger partial charge is 0.337 e. The molecule has 1 fully saturated rings. The van der Waals surface area contributed by atoms with E-state index < -0.39 is 5.97 Å². The molecule has 1 amide bonds.